The van der Waals surface area contributed by atoms with Crippen molar-refractivity contribution in [3.63, 3.8) is 0 Å². The first-order chi connectivity index (χ1) is 9.83. The predicted molar refractivity (Wildman–Crippen MR) is 84.3 cm³/mol. The van der Waals surface area contributed by atoms with Gasteiger partial charge in [0.25, 0.3) is 0 Å². The highest BCUT2D eigenvalue weighted by Gasteiger charge is 2.30. The molecule has 1 saturated heterocycles. The highest BCUT2D eigenvalue weighted by Crippen LogP contribution is 2.21. The second kappa shape index (κ2) is 8.20. The largest absolute Gasteiger partial charge is 0.444 e. The summed E-state index contributed by atoms with van der Waals surface area (Å²) in [6.45, 7) is 8.42. The minimum atomic E-state index is -0.482. The molecule has 4 heteroatoms. The Hall–Kier alpha value is -1.32. The molecule has 0 spiro atoms. The van der Waals surface area contributed by atoms with E-state index >= 15 is 0 Å². The van der Waals surface area contributed by atoms with E-state index in [2.05, 4.69) is 6.92 Å². The first-order valence-electron chi connectivity index (χ1n) is 8.04. The molecule has 0 aromatic heterocycles. The van der Waals surface area contributed by atoms with Crippen LogP contribution in [0.1, 0.15) is 66.2 Å². The minimum absolute atomic E-state index is 0.00465. The standard InChI is InChI=1S/C17H29NO3/c1-5-6-7-10-15(19)12-11-14-9-8-13-18(14)16(20)21-17(2,3)4/h11-12,14H,5-10,13H2,1-4H3/b12-11+. The fraction of sp³-hybridized carbons (Fsp3) is 0.765. The number of hydrogen-bond donors (Lipinski definition) is 0. The van der Waals surface area contributed by atoms with Crippen LogP contribution in [0.15, 0.2) is 12.2 Å². The van der Waals surface area contributed by atoms with Crippen LogP contribution < -0.4 is 0 Å². The van der Waals surface area contributed by atoms with E-state index in [1.807, 2.05) is 26.8 Å². The van der Waals surface area contributed by atoms with Crippen molar-refractivity contribution in [1.29, 1.82) is 0 Å². The highest BCUT2D eigenvalue weighted by atomic mass is 16.6. The van der Waals surface area contributed by atoms with Crippen LogP contribution in [0.5, 0.6) is 0 Å². The fourth-order valence-electron chi connectivity index (χ4n) is 2.39. The van der Waals surface area contributed by atoms with Crippen molar-refractivity contribution in [2.75, 3.05) is 6.54 Å². The SMILES string of the molecule is CCCCCC(=O)/C=C/C1CCCN1C(=O)OC(C)(C)C. The van der Waals surface area contributed by atoms with Crippen LogP contribution in [0.25, 0.3) is 0 Å². The first kappa shape index (κ1) is 17.7. The van der Waals surface area contributed by atoms with Gasteiger partial charge in [0.2, 0.25) is 0 Å². The Morgan fingerprint density at radius 3 is 2.62 bits per heavy atom. The molecule has 1 atom stereocenters. The first-order valence-corrected chi connectivity index (χ1v) is 8.04. The van der Waals surface area contributed by atoms with E-state index in [0.29, 0.717) is 13.0 Å². The summed E-state index contributed by atoms with van der Waals surface area (Å²) < 4.78 is 5.41. The Labute approximate surface area is 128 Å². The summed E-state index contributed by atoms with van der Waals surface area (Å²) in [5.74, 6) is 0.152. The van der Waals surface area contributed by atoms with E-state index in [1.54, 1.807) is 11.0 Å². The van der Waals surface area contributed by atoms with Crippen molar-refractivity contribution in [3.05, 3.63) is 12.2 Å². The highest BCUT2D eigenvalue weighted by molar-refractivity contribution is 5.89. The summed E-state index contributed by atoms with van der Waals surface area (Å²) in [6, 6.07) is -0.00465. The van der Waals surface area contributed by atoms with Crippen molar-refractivity contribution in [2.24, 2.45) is 0 Å². The Balaban J connectivity index is 2.49. The number of carbonyl (C=O) groups is 2. The van der Waals surface area contributed by atoms with Crippen LogP contribution in [0.3, 0.4) is 0 Å². The molecule has 0 radical (unpaired) electrons. The van der Waals surface area contributed by atoms with Crippen LogP contribution in [-0.4, -0.2) is 35.0 Å². The van der Waals surface area contributed by atoms with Crippen LogP contribution in [0, 0.1) is 0 Å². The van der Waals surface area contributed by atoms with E-state index in [-0.39, 0.29) is 17.9 Å². The lowest BCUT2D eigenvalue weighted by atomic mass is 10.1. The number of ketones is 1. The molecule has 0 aromatic carbocycles. The molecule has 0 aliphatic carbocycles. The lowest BCUT2D eigenvalue weighted by molar-refractivity contribution is -0.114. The second-order valence-corrected chi connectivity index (χ2v) is 6.67. The summed E-state index contributed by atoms with van der Waals surface area (Å²) in [5.41, 5.74) is -0.482. The second-order valence-electron chi connectivity index (χ2n) is 6.67. The number of allylic oxidation sites excluding steroid dienone is 1. The average molecular weight is 295 g/mol. The molecule has 1 aliphatic heterocycles. The zero-order valence-corrected chi connectivity index (χ0v) is 13.9. The fourth-order valence-corrected chi connectivity index (χ4v) is 2.39. The molecule has 0 aromatic rings. The number of amides is 1. The summed E-state index contributed by atoms with van der Waals surface area (Å²) in [7, 11) is 0. The maximum absolute atomic E-state index is 12.1. The number of unbranched alkanes of at least 4 members (excludes halogenated alkanes) is 2. The quantitative estimate of drug-likeness (QED) is 0.547. The predicted octanol–water partition coefficient (Wildman–Crippen LogP) is 4.09. The Morgan fingerprint density at radius 2 is 2.00 bits per heavy atom. The number of rotatable bonds is 6. The third kappa shape index (κ3) is 6.78. The topological polar surface area (TPSA) is 46.6 Å². The van der Waals surface area contributed by atoms with Gasteiger partial charge in [-0.15, -0.1) is 0 Å². The third-order valence-corrected chi connectivity index (χ3v) is 3.46. The molecule has 1 fully saturated rings. The number of ether oxygens (including phenoxy) is 1. The van der Waals surface area contributed by atoms with Gasteiger partial charge >= 0.3 is 6.09 Å². The van der Waals surface area contributed by atoms with Gasteiger partial charge in [0.05, 0.1) is 6.04 Å². The molecule has 1 rings (SSSR count). The van der Waals surface area contributed by atoms with E-state index in [9.17, 15) is 9.59 Å². The minimum Gasteiger partial charge on any atom is -0.444 e. The molecule has 4 nitrogen and oxygen atoms in total. The number of likely N-dealkylation sites (tertiary alicyclic amines) is 1. The van der Waals surface area contributed by atoms with Gasteiger partial charge in [-0.25, -0.2) is 4.79 Å². The monoisotopic (exact) mass is 295 g/mol. The molecule has 1 unspecified atom stereocenters. The van der Waals surface area contributed by atoms with E-state index in [1.165, 1.54) is 0 Å². The van der Waals surface area contributed by atoms with Crippen LogP contribution >= 0.6 is 0 Å². The molecule has 1 heterocycles. The molecule has 21 heavy (non-hydrogen) atoms. The van der Waals surface area contributed by atoms with Crippen molar-refractivity contribution >= 4 is 11.9 Å². The smallest absolute Gasteiger partial charge is 0.410 e. The number of hydrogen-bond acceptors (Lipinski definition) is 3. The van der Waals surface area contributed by atoms with Gasteiger partial charge in [-0.2, -0.15) is 0 Å². The van der Waals surface area contributed by atoms with Crippen molar-refractivity contribution in [1.82, 2.24) is 4.90 Å². The molecule has 1 amide bonds. The van der Waals surface area contributed by atoms with Crippen LogP contribution in [-0.2, 0) is 9.53 Å². The summed E-state index contributed by atoms with van der Waals surface area (Å²) in [6.07, 6.45) is 8.83. The van der Waals surface area contributed by atoms with Crippen LogP contribution in [0.4, 0.5) is 4.79 Å². The van der Waals surface area contributed by atoms with Crippen molar-refractivity contribution < 1.29 is 14.3 Å². The average Bonchev–Trinajstić information content (AvgIpc) is 2.83. The Bertz CT molecular complexity index is 382. The lowest BCUT2D eigenvalue weighted by Gasteiger charge is -2.27. The van der Waals surface area contributed by atoms with Crippen molar-refractivity contribution in [3.8, 4) is 0 Å². The van der Waals surface area contributed by atoms with Gasteiger partial charge in [0.1, 0.15) is 5.60 Å². The van der Waals surface area contributed by atoms with Gasteiger partial charge in [0, 0.05) is 13.0 Å². The van der Waals surface area contributed by atoms with Gasteiger partial charge in [-0.05, 0) is 46.1 Å². The zero-order chi connectivity index (χ0) is 15.9. The van der Waals surface area contributed by atoms with Gasteiger partial charge < -0.3 is 9.64 Å². The molecule has 0 N–H and O–H groups in total. The normalized spacial score (nSPS) is 19.2. The van der Waals surface area contributed by atoms with Gasteiger partial charge in [-0.1, -0.05) is 25.8 Å². The Morgan fingerprint density at radius 1 is 1.29 bits per heavy atom. The molecular formula is C17H29NO3. The van der Waals surface area contributed by atoms with Gasteiger partial charge in [-0.3, -0.25) is 4.79 Å². The maximum Gasteiger partial charge on any atom is 0.410 e. The lowest BCUT2D eigenvalue weighted by Crippen LogP contribution is -2.39. The third-order valence-electron chi connectivity index (χ3n) is 3.46. The van der Waals surface area contributed by atoms with E-state index in [4.69, 9.17) is 4.74 Å². The zero-order valence-electron chi connectivity index (χ0n) is 13.9. The van der Waals surface area contributed by atoms with E-state index < -0.39 is 5.60 Å². The van der Waals surface area contributed by atoms with Crippen molar-refractivity contribution in [2.45, 2.75) is 77.9 Å². The molecule has 0 saturated carbocycles. The number of nitrogens with zero attached hydrogens (tertiary/aromatic N) is 1. The molecule has 1 aliphatic rings. The molecule has 120 valence electrons. The summed E-state index contributed by atoms with van der Waals surface area (Å²) in [5, 5.41) is 0. The molecular weight excluding hydrogens is 266 g/mol. The summed E-state index contributed by atoms with van der Waals surface area (Å²) >= 11 is 0. The Kier molecular flexibility index (Phi) is 6.93. The maximum atomic E-state index is 12.1. The summed E-state index contributed by atoms with van der Waals surface area (Å²) in [4.78, 5) is 25.6. The van der Waals surface area contributed by atoms with Crippen LogP contribution in [0.2, 0.25) is 0 Å². The molecule has 0 bridgehead atoms. The van der Waals surface area contributed by atoms with E-state index in [0.717, 1.165) is 32.1 Å². The van der Waals surface area contributed by atoms with Gasteiger partial charge in [0.15, 0.2) is 5.78 Å². The number of carbonyl (C=O) groups excluding carboxylic acids is 2.